The number of rotatable bonds is 6. The first-order valence-electron chi connectivity index (χ1n) is 6.47. The standard InChI is InChI=1S/C13H22N2O3S2/c1-13(2,3)12-15-10(9-19-12)8-11(16)14-6-5-7-20(4,17)18/h9H,5-8H2,1-4H3,(H,14,16). The molecule has 1 amide bonds. The first kappa shape index (κ1) is 17.1. The molecule has 0 aromatic carbocycles. The van der Waals surface area contributed by atoms with Gasteiger partial charge in [-0.2, -0.15) is 0 Å². The third kappa shape index (κ3) is 6.47. The summed E-state index contributed by atoms with van der Waals surface area (Å²) in [7, 11) is -2.96. The van der Waals surface area contributed by atoms with Crippen molar-refractivity contribution in [1.82, 2.24) is 10.3 Å². The molecule has 0 saturated carbocycles. The average Bonchev–Trinajstić information content (AvgIpc) is 2.71. The van der Waals surface area contributed by atoms with E-state index < -0.39 is 9.84 Å². The largest absolute Gasteiger partial charge is 0.356 e. The molecule has 0 fully saturated rings. The summed E-state index contributed by atoms with van der Waals surface area (Å²) in [4.78, 5) is 16.2. The van der Waals surface area contributed by atoms with E-state index in [2.05, 4.69) is 31.1 Å². The van der Waals surface area contributed by atoms with Gasteiger partial charge in [-0.1, -0.05) is 20.8 Å². The molecule has 5 nitrogen and oxygen atoms in total. The summed E-state index contributed by atoms with van der Waals surface area (Å²) in [6.07, 6.45) is 1.87. The van der Waals surface area contributed by atoms with Crippen molar-refractivity contribution in [2.45, 2.75) is 39.0 Å². The van der Waals surface area contributed by atoms with E-state index in [0.29, 0.717) is 13.0 Å². The summed E-state index contributed by atoms with van der Waals surface area (Å²) in [5.41, 5.74) is 0.759. The van der Waals surface area contributed by atoms with Crippen LogP contribution in [0.4, 0.5) is 0 Å². The average molecular weight is 318 g/mol. The minimum atomic E-state index is -2.96. The van der Waals surface area contributed by atoms with Crippen LogP contribution in [0, 0.1) is 0 Å². The van der Waals surface area contributed by atoms with Gasteiger partial charge in [-0.05, 0) is 6.42 Å². The fourth-order valence-corrected chi connectivity index (χ4v) is 3.10. The molecular formula is C13H22N2O3S2. The van der Waals surface area contributed by atoms with Gasteiger partial charge in [0.05, 0.1) is 22.9 Å². The summed E-state index contributed by atoms with van der Waals surface area (Å²) >= 11 is 1.56. The van der Waals surface area contributed by atoms with Gasteiger partial charge in [0.2, 0.25) is 5.91 Å². The van der Waals surface area contributed by atoms with E-state index >= 15 is 0 Å². The van der Waals surface area contributed by atoms with E-state index in [4.69, 9.17) is 0 Å². The zero-order valence-electron chi connectivity index (χ0n) is 12.4. The Morgan fingerprint density at radius 1 is 1.40 bits per heavy atom. The molecular weight excluding hydrogens is 296 g/mol. The maximum Gasteiger partial charge on any atom is 0.226 e. The van der Waals surface area contributed by atoms with Gasteiger partial charge in [0.15, 0.2) is 0 Å². The highest BCUT2D eigenvalue weighted by molar-refractivity contribution is 7.90. The molecule has 1 rings (SSSR count). The van der Waals surface area contributed by atoms with Gasteiger partial charge in [-0.25, -0.2) is 13.4 Å². The lowest BCUT2D eigenvalue weighted by molar-refractivity contribution is -0.120. The lowest BCUT2D eigenvalue weighted by Crippen LogP contribution is -2.27. The Balaban J connectivity index is 2.38. The number of hydrogen-bond acceptors (Lipinski definition) is 5. The highest BCUT2D eigenvalue weighted by atomic mass is 32.2. The summed E-state index contributed by atoms with van der Waals surface area (Å²) in [6, 6.07) is 0. The molecule has 0 aliphatic rings. The van der Waals surface area contributed by atoms with E-state index in [-0.39, 0.29) is 23.5 Å². The number of hydrogen-bond donors (Lipinski definition) is 1. The van der Waals surface area contributed by atoms with Gasteiger partial charge < -0.3 is 5.32 Å². The van der Waals surface area contributed by atoms with Crippen LogP contribution in [0.2, 0.25) is 0 Å². The summed E-state index contributed by atoms with van der Waals surface area (Å²) < 4.78 is 21.9. The highest BCUT2D eigenvalue weighted by Gasteiger charge is 2.18. The van der Waals surface area contributed by atoms with Crippen LogP contribution in [0.5, 0.6) is 0 Å². The van der Waals surface area contributed by atoms with Crippen molar-refractivity contribution in [2.75, 3.05) is 18.6 Å². The van der Waals surface area contributed by atoms with E-state index in [1.54, 1.807) is 11.3 Å². The molecule has 1 N–H and O–H groups in total. The van der Waals surface area contributed by atoms with Crippen molar-refractivity contribution < 1.29 is 13.2 Å². The Labute approximate surface area is 124 Å². The molecule has 1 aromatic rings. The van der Waals surface area contributed by atoms with Crippen LogP contribution in [0.25, 0.3) is 0 Å². The number of nitrogens with zero attached hydrogens (tertiary/aromatic N) is 1. The molecule has 114 valence electrons. The van der Waals surface area contributed by atoms with Crippen molar-refractivity contribution in [3.05, 3.63) is 16.1 Å². The smallest absolute Gasteiger partial charge is 0.226 e. The molecule has 0 unspecified atom stereocenters. The minimum absolute atomic E-state index is 0.00508. The lowest BCUT2D eigenvalue weighted by Gasteiger charge is -2.13. The van der Waals surface area contributed by atoms with Gasteiger partial charge in [-0.3, -0.25) is 4.79 Å². The Morgan fingerprint density at radius 3 is 2.55 bits per heavy atom. The molecule has 0 aliphatic heterocycles. The first-order chi connectivity index (χ1) is 9.08. The van der Waals surface area contributed by atoms with Crippen LogP contribution in [0.1, 0.15) is 37.9 Å². The third-order valence-electron chi connectivity index (χ3n) is 2.55. The fourth-order valence-electron chi connectivity index (χ4n) is 1.52. The number of nitrogens with one attached hydrogen (secondary N) is 1. The number of sulfone groups is 1. The first-order valence-corrected chi connectivity index (χ1v) is 9.41. The highest BCUT2D eigenvalue weighted by Crippen LogP contribution is 2.25. The second kappa shape index (κ2) is 6.67. The minimum Gasteiger partial charge on any atom is -0.356 e. The molecule has 1 aromatic heterocycles. The molecule has 0 aliphatic carbocycles. The van der Waals surface area contributed by atoms with Crippen molar-refractivity contribution in [3.63, 3.8) is 0 Å². The molecule has 7 heteroatoms. The van der Waals surface area contributed by atoms with Gasteiger partial charge in [0, 0.05) is 23.6 Å². The van der Waals surface area contributed by atoms with Crippen LogP contribution in [-0.2, 0) is 26.5 Å². The number of aromatic nitrogens is 1. The van der Waals surface area contributed by atoms with Crippen LogP contribution < -0.4 is 5.32 Å². The maximum absolute atomic E-state index is 11.7. The predicted molar refractivity (Wildman–Crippen MR) is 81.9 cm³/mol. The van der Waals surface area contributed by atoms with E-state index in [1.165, 1.54) is 6.26 Å². The van der Waals surface area contributed by atoms with E-state index in [0.717, 1.165) is 10.7 Å². The van der Waals surface area contributed by atoms with Crippen molar-refractivity contribution in [3.8, 4) is 0 Å². The monoisotopic (exact) mass is 318 g/mol. The molecule has 0 saturated heterocycles. The zero-order valence-corrected chi connectivity index (χ0v) is 14.0. The van der Waals surface area contributed by atoms with Gasteiger partial charge in [-0.15, -0.1) is 11.3 Å². The normalized spacial score (nSPS) is 12.4. The summed E-state index contributed by atoms with van der Waals surface area (Å²) in [6.45, 7) is 6.63. The van der Waals surface area contributed by atoms with Crippen molar-refractivity contribution in [2.24, 2.45) is 0 Å². The molecule has 0 atom stereocenters. The van der Waals surface area contributed by atoms with Crippen molar-refractivity contribution >= 4 is 27.1 Å². The Hall–Kier alpha value is -0.950. The lowest BCUT2D eigenvalue weighted by atomic mass is 9.98. The third-order valence-corrected chi connectivity index (χ3v) is 4.90. The zero-order chi connectivity index (χ0) is 15.4. The topological polar surface area (TPSA) is 76.1 Å². The van der Waals surface area contributed by atoms with Crippen LogP contribution in [0.3, 0.4) is 0 Å². The second-order valence-corrected chi connectivity index (χ2v) is 9.02. The number of thiazole rings is 1. The van der Waals surface area contributed by atoms with Gasteiger partial charge >= 0.3 is 0 Å². The Kier molecular flexibility index (Phi) is 5.70. The molecule has 0 spiro atoms. The van der Waals surface area contributed by atoms with Crippen LogP contribution in [-0.4, -0.2) is 37.9 Å². The molecule has 0 bridgehead atoms. The second-order valence-electron chi connectivity index (χ2n) is 5.90. The number of carbonyl (C=O) groups excluding carboxylic acids is 1. The Bertz CT molecular complexity index is 556. The fraction of sp³-hybridized carbons (Fsp3) is 0.692. The summed E-state index contributed by atoms with van der Waals surface area (Å²) in [5, 5.41) is 5.62. The van der Waals surface area contributed by atoms with E-state index in [9.17, 15) is 13.2 Å². The van der Waals surface area contributed by atoms with Gasteiger partial charge in [0.1, 0.15) is 9.84 Å². The maximum atomic E-state index is 11.7. The van der Waals surface area contributed by atoms with Crippen molar-refractivity contribution in [1.29, 1.82) is 0 Å². The molecule has 20 heavy (non-hydrogen) atoms. The quantitative estimate of drug-likeness (QED) is 0.807. The van der Waals surface area contributed by atoms with Crippen LogP contribution in [0.15, 0.2) is 5.38 Å². The SMILES string of the molecule is CC(C)(C)c1nc(CC(=O)NCCCS(C)(=O)=O)cs1. The number of carbonyl (C=O) groups is 1. The van der Waals surface area contributed by atoms with E-state index in [1.807, 2.05) is 5.38 Å². The Morgan fingerprint density at radius 2 is 2.05 bits per heavy atom. The summed E-state index contributed by atoms with van der Waals surface area (Å²) in [5.74, 6) is -0.0257. The van der Waals surface area contributed by atoms with Gasteiger partial charge in [0.25, 0.3) is 0 Å². The molecule has 1 heterocycles. The molecule has 0 radical (unpaired) electrons. The number of amides is 1. The van der Waals surface area contributed by atoms with Crippen LogP contribution >= 0.6 is 11.3 Å². The predicted octanol–water partition coefficient (Wildman–Crippen LogP) is 1.53.